The Morgan fingerprint density at radius 1 is 1.20 bits per heavy atom. The Hall–Kier alpha value is -2.61. The van der Waals surface area contributed by atoms with Crippen LogP contribution in [-0.4, -0.2) is 30.0 Å². The van der Waals surface area contributed by atoms with Crippen molar-refractivity contribution in [2.24, 2.45) is 0 Å². The fourth-order valence-electron chi connectivity index (χ4n) is 2.01. The van der Waals surface area contributed by atoms with Gasteiger partial charge < -0.3 is 0 Å². The van der Waals surface area contributed by atoms with E-state index in [9.17, 15) is 4.79 Å². The number of aromatic nitrogens is 6. The van der Waals surface area contributed by atoms with Gasteiger partial charge in [0.05, 0.1) is 0 Å². The predicted octanol–water partition coefficient (Wildman–Crippen LogP) is 1.01. The first-order valence-corrected chi connectivity index (χ1v) is 6.76. The minimum absolute atomic E-state index is 0.207. The van der Waals surface area contributed by atoms with Crippen molar-refractivity contribution in [3.05, 3.63) is 51.3 Å². The Balaban J connectivity index is 1.86. The van der Waals surface area contributed by atoms with Crippen molar-refractivity contribution in [2.45, 2.75) is 6.42 Å². The highest BCUT2D eigenvalue weighted by atomic mass is 32.1. The van der Waals surface area contributed by atoms with Gasteiger partial charge in [-0.25, -0.2) is 0 Å². The lowest BCUT2D eigenvalue weighted by atomic mass is 10.2. The molecule has 8 heteroatoms. The summed E-state index contributed by atoms with van der Waals surface area (Å²) in [5.41, 5.74) is 1.38. The van der Waals surface area contributed by atoms with Crippen molar-refractivity contribution in [3.8, 4) is 0 Å². The number of rotatable bonds is 2. The van der Waals surface area contributed by atoms with E-state index < -0.39 is 0 Å². The molecule has 20 heavy (non-hydrogen) atoms. The van der Waals surface area contributed by atoms with Crippen molar-refractivity contribution in [3.63, 3.8) is 0 Å². The van der Waals surface area contributed by atoms with E-state index in [4.69, 9.17) is 0 Å². The summed E-state index contributed by atoms with van der Waals surface area (Å²) in [5, 5.41) is 15.2. The highest BCUT2D eigenvalue weighted by molar-refractivity contribution is 7.16. The molecule has 0 saturated carbocycles. The Bertz CT molecular complexity index is 954. The van der Waals surface area contributed by atoms with Crippen LogP contribution in [0.1, 0.15) is 10.6 Å². The van der Waals surface area contributed by atoms with Crippen molar-refractivity contribution in [1.29, 1.82) is 0 Å². The molecule has 3 aromatic heterocycles. The highest BCUT2D eigenvalue weighted by Gasteiger charge is 2.13. The van der Waals surface area contributed by atoms with Gasteiger partial charge in [0.1, 0.15) is 5.01 Å². The summed E-state index contributed by atoms with van der Waals surface area (Å²) in [6.45, 7) is 0. The molecular formula is C12H8N6OS. The van der Waals surface area contributed by atoms with Gasteiger partial charge in [-0.2, -0.15) is 19.8 Å². The van der Waals surface area contributed by atoms with E-state index in [1.807, 2.05) is 30.3 Å². The van der Waals surface area contributed by atoms with Gasteiger partial charge in [-0.15, -0.1) is 10.2 Å². The zero-order valence-electron chi connectivity index (χ0n) is 10.1. The number of hydrogen-bond donors (Lipinski definition) is 1. The van der Waals surface area contributed by atoms with Gasteiger partial charge in [-0.05, 0) is 5.56 Å². The zero-order valence-corrected chi connectivity index (χ0v) is 11.0. The van der Waals surface area contributed by atoms with E-state index in [1.54, 1.807) is 0 Å². The Morgan fingerprint density at radius 2 is 2.05 bits per heavy atom. The first-order chi connectivity index (χ1) is 9.81. The minimum atomic E-state index is -0.297. The van der Waals surface area contributed by atoms with E-state index in [2.05, 4.69) is 25.5 Å². The van der Waals surface area contributed by atoms with Crippen LogP contribution in [0.4, 0.5) is 0 Å². The number of nitrogens with zero attached hydrogens (tertiary/aromatic N) is 5. The molecule has 1 aromatic carbocycles. The molecule has 4 rings (SSSR count). The normalized spacial score (nSPS) is 11.4. The van der Waals surface area contributed by atoms with Crippen LogP contribution in [0.3, 0.4) is 0 Å². The molecule has 0 atom stereocenters. The molecule has 0 aliphatic rings. The molecule has 4 aromatic rings. The van der Waals surface area contributed by atoms with Crippen molar-refractivity contribution in [1.82, 2.24) is 30.0 Å². The molecule has 98 valence electrons. The van der Waals surface area contributed by atoms with Crippen molar-refractivity contribution in [2.75, 3.05) is 0 Å². The van der Waals surface area contributed by atoms with Gasteiger partial charge >= 0.3 is 5.56 Å². The van der Waals surface area contributed by atoms with Crippen LogP contribution in [0.5, 0.6) is 0 Å². The summed E-state index contributed by atoms with van der Waals surface area (Å²) in [7, 11) is 0. The number of nitrogens with one attached hydrogen (secondary N) is 1. The molecule has 1 N–H and O–H groups in total. The number of aromatic amines is 1. The van der Waals surface area contributed by atoms with Crippen LogP contribution < -0.4 is 5.56 Å². The molecule has 3 heterocycles. The van der Waals surface area contributed by atoms with Gasteiger partial charge in [0.2, 0.25) is 10.6 Å². The van der Waals surface area contributed by atoms with Crippen LogP contribution in [0.15, 0.2) is 35.1 Å². The average molecular weight is 284 g/mol. The van der Waals surface area contributed by atoms with E-state index in [0.29, 0.717) is 17.0 Å². The van der Waals surface area contributed by atoms with E-state index in [1.165, 1.54) is 15.9 Å². The van der Waals surface area contributed by atoms with Gasteiger partial charge in [0.25, 0.3) is 0 Å². The van der Waals surface area contributed by atoms with Crippen LogP contribution >= 0.6 is 11.3 Å². The van der Waals surface area contributed by atoms with Crippen molar-refractivity contribution >= 4 is 27.5 Å². The Kier molecular flexibility index (Phi) is 2.36. The molecule has 0 bridgehead atoms. The molecule has 0 spiro atoms. The molecule has 0 aliphatic carbocycles. The zero-order chi connectivity index (χ0) is 13.5. The van der Waals surface area contributed by atoms with Crippen LogP contribution in [0.25, 0.3) is 16.1 Å². The lowest BCUT2D eigenvalue weighted by Crippen LogP contribution is -2.15. The smallest absolute Gasteiger partial charge is 0.265 e. The third kappa shape index (κ3) is 1.69. The third-order valence-corrected chi connectivity index (χ3v) is 3.83. The summed E-state index contributed by atoms with van der Waals surface area (Å²) < 4.78 is 1.29. The standard InChI is InChI=1S/C12H8N6OS/c19-11-9-10(15-17-14-9)13-12-18(11)16-8(20-12)6-7-4-2-1-3-5-7/h1-5H,6H2,(H,14,15,17). The maximum Gasteiger partial charge on any atom is 0.305 e. The average Bonchev–Trinajstić information content (AvgIpc) is 3.07. The first kappa shape index (κ1) is 11.2. The molecule has 0 amide bonds. The minimum Gasteiger partial charge on any atom is -0.265 e. The second-order valence-corrected chi connectivity index (χ2v) is 5.31. The summed E-state index contributed by atoms with van der Waals surface area (Å²) >= 11 is 1.38. The quantitative estimate of drug-likeness (QED) is 0.593. The monoisotopic (exact) mass is 284 g/mol. The summed E-state index contributed by atoms with van der Waals surface area (Å²) in [6, 6.07) is 9.97. The summed E-state index contributed by atoms with van der Waals surface area (Å²) in [6.07, 6.45) is 0.672. The second kappa shape index (κ2) is 4.20. The van der Waals surface area contributed by atoms with Gasteiger partial charge in [0.15, 0.2) is 5.52 Å². The lowest BCUT2D eigenvalue weighted by molar-refractivity contribution is 0.875. The number of fused-ring (bicyclic) bond motifs is 2. The third-order valence-electron chi connectivity index (χ3n) is 2.93. The number of hydrogen-bond acceptors (Lipinski definition) is 6. The lowest BCUT2D eigenvalue weighted by Gasteiger charge is -1.94. The maximum atomic E-state index is 12.2. The fourth-order valence-corrected chi connectivity index (χ4v) is 2.92. The topological polar surface area (TPSA) is 88.8 Å². The Morgan fingerprint density at radius 3 is 2.90 bits per heavy atom. The van der Waals surface area contributed by atoms with E-state index >= 15 is 0 Å². The van der Waals surface area contributed by atoms with Gasteiger partial charge in [0, 0.05) is 6.42 Å². The highest BCUT2D eigenvalue weighted by Crippen LogP contribution is 2.16. The number of benzene rings is 1. The van der Waals surface area contributed by atoms with Crippen LogP contribution in [-0.2, 0) is 6.42 Å². The van der Waals surface area contributed by atoms with Crippen molar-refractivity contribution < 1.29 is 0 Å². The summed E-state index contributed by atoms with van der Waals surface area (Å²) in [4.78, 5) is 17.0. The fraction of sp³-hybridized carbons (Fsp3) is 0.0833. The molecule has 0 radical (unpaired) electrons. The number of H-pyrrole nitrogens is 1. The Labute approximate surface area is 115 Å². The van der Waals surface area contributed by atoms with Gasteiger partial charge in [-0.1, -0.05) is 41.7 Å². The molecular weight excluding hydrogens is 276 g/mol. The SMILES string of the molecule is O=c1c2n[nH]nc2nc2sc(Cc3ccccc3)nn12. The predicted molar refractivity (Wildman–Crippen MR) is 73.8 cm³/mol. The first-order valence-electron chi connectivity index (χ1n) is 5.94. The van der Waals surface area contributed by atoms with E-state index in [0.717, 1.165) is 10.6 Å². The molecule has 0 saturated heterocycles. The second-order valence-electron chi connectivity index (χ2n) is 4.27. The van der Waals surface area contributed by atoms with E-state index in [-0.39, 0.29) is 11.1 Å². The summed E-state index contributed by atoms with van der Waals surface area (Å²) in [5.74, 6) is 0. The van der Waals surface area contributed by atoms with Crippen LogP contribution in [0.2, 0.25) is 0 Å². The van der Waals surface area contributed by atoms with Crippen LogP contribution in [0, 0.1) is 0 Å². The molecule has 0 fully saturated rings. The molecule has 7 nitrogen and oxygen atoms in total. The molecule has 0 aliphatic heterocycles. The maximum absolute atomic E-state index is 12.2. The largest absolute Gasteiger partial charge is 0.305 e. The van der Waals surface area contributed by atoms with Gasteiger partial charge in [-0.3, -0.25) is 4.79 Å². The molecule has 0 unspecified atom stereocenters.